The molecule has 0 aliphatic carbocycles. The number of carbonyl (C=O) groups is 1. The zero-order valence-electron chi connectivity index (χ0n) is 8.84. The van der Waals surface area contributed by atoms with Gasteiger partial charge in [-0.3, -0.25) is 4.79 Å². The molecule has 0 fully saturated rings. The van der Waals surface area contributed by atoms with E-state index in [2.05, 4.69) is 9.72 Å². The maximum Gasteiger partial charge on any atom is 0.311 e. The van der Waals surface area contributed by atoms with Crippen molar-refractivity contribution in [3.05, 3.63) is 28.8 Å². The molecule has 94 valence electrons. The van der Waals surface area contributed by atoms with Crippen LogP contribution in [-0.2, 0) is 21.8 Å². The molecule has 0 saturated carbocycles. The molecule has 1 aromatic heterocycles. The van der Waals surface area contributed by atoms with Gasteiger partial charge in [0.05, 0.1) is 24.8 Å². The quantitative estimate of drug-likeness (QED) is 0.478. The highest BCUT2D eigenvalue weighted by molar-refractivity contribution is 6.17. The normalized spacial score (nSPS) is 10.7. The fourth-order valence-corrected chi connectivity index (χ4v) is 1.45. The minimum absolute atomic E-state index is 0.00810. The molecular weight excluding hydrogens is 259 g/mol. The van der Waals surface area contributed by atoms with E-state index < -0.39 is 23.9 Å². The van der Waals surface area contributed by atoms with Gasteiger partial charge in [0.2, 0.25) is 5.95 Å². The average molecular weight is 268 g/mol. The van der Waals surface area contributed by atoms with E-state index in [9.17, 15) is 18.0 Å². The van der Waals surface area contributed by atoms with Crippen molar-refractivity contribution in [3.63, 3.8) is 0 Å². The van der Waals surface area contributed by atoms with Crippen molar-refractivity contribution in [2.75, 3.05) is 7.11 Å². The summed E-state index contributed by atoms with van der Waals surface area (Å²) in [5, 5.41) is 0. The summed E-state index contributed by atoms with van der Waals surface area (Å²) >= 11 is 5.53. The zero-order valence-corrected chi connectivity index (χ0v) is 9.60. The third kappa shape index (κ3) is 3.33. The summed E-state index contributed by atoms with van der Waals surface area (Å²) in [6, 6.07) is 0.915. The highest BCUT2D eigenvalue weighted by Crippen LogP contribution is 2.24. The standard InChI is InChI=1S/C10H9ClF3NO2/c1-17-8(16)3-7-5(4-11)2-6(9(12)13)10(14)15-7/h2,9H,3-4H2,1H3. The molecule has 0 aromatic carbocycles. The second kappa shape index (κ2) is 5.86. The molecule has 0 aliphatic rings. The van der Waals surface area contributed by atoms with Crippen molar-refractivity contribution >= 4 is 17.6 Å². The van der Waals surface area contributed by atoms with Crippen LogP contribution < -0.4 is 0 Å². The lowest BCUT2D eigenvalue weighted by Gasteiger charge is -2.09. The molecule has 0 saturated heterocycles. The van der Waals surface area contributed by atoms with E-state index in [-0.39, 0.29) is 23.6 Å². The Morgan fingerprint density at radius 3 is 2.71 bits per heavy atom. The highest BCUT2D eigenvalue weighted by atomic mass is 35.5. The van der Waals surface area contributed by atoms with E-state index in [0.717, 1.165) is 13.2 Å². The Bertz CT molecular complexity index is 426. The Morgan fingerprint density at radius 2 is 2.24 bits per heavy atom. The lowest BCUT2D eigenvalue weighted by molar-refractivity contribution is -0.139. The third-order valence-electron chi connectivity index (χ3n) is 2.09. The number of esters is 1. The van der Waals surface area contributed by atoms with Crippen LogP contribution in [-0.4, -0.2) is 18.1 Å². The van der Waals surface area contributed by atoms with E-state index in [4.69, 9.17) is 11.6 Å². The van der Waals surface area contributed by atoms with Crippen LogP contribution in [0, 0.1) is 5.95 Å². The van der Waals surface area contributed by atoms with Gasteiger partial charge in [0, 0.05) is 5.88 Å². The van der Waals surface area contributed by atoms with Gasteiger partial charge >= 0.3 is 5.97 Å². The topological polar surface area (TPSA) is 39.2 Å². The lowest BCUT2D eigenvalue weighted by atomic mass is 10.1. The van der Waals surface area contributed by atoms with E-state index in [1.807, 2.05) is 0 Å². The molecule has 0 atom stereocenters. The summed E-state index contributed by atoms with van der Waals surface area (Å²) < 4.78 is 42.3. The Hall–Kier alpha value is -1.30. The minimum atomic E-state index is -2.98. The first-order valence-electron chi connectivity index (χ1n) is 4.58. The Balaban J connectivity index is 3.14. The van der Waals surface area contributed by atoms with Crippen molar-refractivity contribution < 1.29 is 22.7 Å². The first kappa shape index (κ1) is 13.8. The van der Waals surface area contributed by atoms with E-state index in [1.54, 1.807) is 0 Å². The average Bonchev–Trinajstić information content (AvgIpc) is 2.28. The molecule has 1 aromatic rings. The third-order valence-corrected chi connectivity index (χ3v) is 2.38. The molecule has 3 nitrogen and oxygen atoms in total. The molecule has 0 spiro atoms. The number of hydrogen-bond donors (Lipinski definition) is 0. The number of alkyl halides is 3. The van der Waals surface area contributed by atoms with Crippen LogP contribution in [0.1, 0.15) is 23.2 Å². The molecule has 0 N–H and O–H groups in total. The van der Waals surface area contributed by atoms with Crippen LogP contribution in [0.3, 0.4) is 0 Å². The minimum Gasteiger partial charge on any atom is -0.469 e. The summed E-state index contributed by atoms with van der Waals surface area (Å²) in [6.07, 6.45) is -3.28. The maximum atomic E-state index is 13.2. The fourth-order valence-electron chi connectivity index (χ4n) is 1.22. The summed E-state index contributed by atoms with van der Waals surface area (Å²) in [7, 11) is 1.16. The van der Waals surface area contributed by atoms with Crippen molar-refractivity contribution in [3.8, 4) is 0 Å². The molecule has 7 heteroatoms. The number of aromatic nitrogens is 1. The van der Waals surface area contributed by atoms with Crippen molar-refractivity contribution in [1.29, 1.82) is 0 Å². The second-order valence-electron chi connectivity index (χ2n) is 3.16. The van der Waals surface area contributed by atoms with Crippen LogP contribution in [0.4, 0.5) is 13.2 Å². The molecule has 1 rings (SSSR count). The SMILES string of the molecule is COC(=O)Cc1nc(F)c(C(F)F)cc1CCl. The number of pyridine rings is 1. The van der Waals surface area contributed by atoms with Crippen LogP contribution in [0.5, 0.6) is 0 Å². The molecular formula is C10H9ClF3NO2. The van der Waals surface area contributed by atoms with Gasteiger partial charge in [0.25, 0.3) is 6.43 Å². The number of rotatable bonds is 4. The van der Waals surface area contributed by atoms with E-state index in [0.29, 0.717) is 0 Å². The van der Waals surface area contributed by atoms with Gasteiger partial charge in [-0.05, 0) is 11.6 Å². The largest absolute Gasteiger partial charge is 0.469 e. The van der Waals surface area contributed by atoms with Gasteiger partial charge in [-0.1, -0.05) is 0 Å². The first-order chi connectivity index (χ1) is 7.99. The van der Waals surface area contributed by atoms with Crippen molar-refractivity contribution in [2.24, 2.45) is 0 Å². The lowest BCUT2D eigenvalue weighted by Crippen LogP contribution is -2.11. The zero-order chi connectivity index (χ0) is 13.0. The number of carbonyl (C=O) groups excluding carboxylic acids is 1. The van der Waals surface area contributed by atoms with Gasteiger partial charge in [-0.15, -0.1) is 11.6 Å². The van der Waals surface area contributed by atoms with Gasteiger partial charge in [0.1, 0.15) is 0 Å². The van der Waals surface area contributed by atoms with Crippen LogP contribution >= 0.6 is 11.6 Å². The van der Waals surface area contributed by atoms with E-state index >= 15 is 0 Å². The number of ether oxygens (including phenoxy) is 1. The predicted octanol–water partition coefficient (Wildman–Crippen LogP) is 2.61. The van der Waals surface area contributed by atoms with Gasteiger partial charge < -0.3 is 4.74 Å². The summed E-state index contributed by atoms with van der Waals surface area (Å²) in [6.45, 7) is 0. The fraction of sp³-hybridized carbons (Fsp3) is 0.400. The number of nitrogens with zero attached hydrogens (tertiary/aromatic N) is 1. The first-order valence-corrected chi connectivity index (χ1v) is 5.12. The van der Waals surface area contributed by atoms with Crippen molar-refractivity contribution in [1.82, 2.24) is 4.98 Å². The van der Waals surface area contributed by atoms with Gasteiger partial charge in [0.15, 0.2) is 0 Å². The molecule has 0 radical (unpaired) electrons. The van der Waals surface area contributed by atoms with Gasteiger partial charge in [-0.25, -0.2) is 13.8 Å². The maximum absolute atomic E-state index is 13.2. The predicted molar refractivity (Wildman–Crippen MR) is 54.4 cm³/mol. The Labute approximate surface area is 101 Å². The number of methoxy groups -OCH3 is 1. The van der Waals surface area contributed by atoms with Crippen LogP contribution in [0.25, 0.3) is 0 Å². The molecule has 1 heterocycles. The smallest absolute Gasteiger partial charge is 0.311 e. The Kier molecular flexibility index (Phi) is 4.74. The highest BCUT2D eigenvalue weighted by Gasteiger charge is 2.19. The number of hydrogen-bond acceptors (Lipinski definition) is 3. The molecule has 0 bridgehead atoms. The van der Waals surface area contributed by atoms with Crippen LogP contribution in [0.15, 0.2) is 6.07 Å². The monoisotopic (exact) mass is 267 g/mol. The molecule has 0 aliphatic heterocycles. The molecule has 17 heavy (non-hydrogen) atoms. The summed E-state index contributed by atoms with van der Waals surface area (Å²) in [4.78, 5) is 14.3. The molecule has 0 unspecified atom stereocenters. The van der Waals surface area contributed by atoms with Crippen LogP contribution in [0.2, 0.25) is 0 Å². The number of halogens is 4. The van der Waals surface area contributed by atoms with E-state index in [1.165, 1.54) is 0 Å². The van der Waals surface area contributed by atoms with Crippen molar-refractivity contribution in [2.45, 2.75) is 18.7 Å². The molecule has 0 amide bonds. The second-order valence-corrected chi connectivity index (χ2v) is 3.43. The van der Waals surface area contributed by atoms with Gasteiger partial charge in [-0.2, -0.15) is 4.39 Å². The Morgan fingerprint density at radius 1 is 1.59 bits per heavy atom. The summed E-state index contributed by atoms with van der Waals surface area (Å²) in [5.74, 6) is -2.08. The summed E-state index contributed by atoms with van der Waals surface area (Å²) in [5.41, 5.74) is -0.628.